The van der Waals surface area contributed by atoms with Gasteiger partial charge in [-0.2, -0.15) is 0 Å². The van der Waals surface area contributed by atoms with Crippen molar-refractivity contribution in [3.8, 4) is 0 Å². The van der Waals surface area contributed by atoms with E-state index in [1.165, 1.54) is 19.3 Å². The highest BCUT2D eigenvalue weighted by molar-refractivity contribution is 9.10. The molecule has 0 aromatic heterocycles. The topological polar surface area (TPSA) is 32.3 Å². The Morgan fingerprint density at radius 3 is 3.06 bits per heavy atom. The van der Waals surface area contributed by atoms with Gasteiger partial charge in [0.2, 0.25) is 0 Å². The fraction of sp³-hybridized carbons (Fsp3) is 0.600. The second-order valence-electron chi connectivity index (χ2n) is 5.26. The monoisotopic (exact) mass is 311 g/mol. The van der Waals surface area contributed by atoms with Crippen molar-refractivity contribution >= 4 is 15.9 Å². The summed E-state index contributed by atoms with van der Waals surface area (Å²) in [7, 11) is 0. The number of rotatable bonds is 4. The fourth-order valence-corrected chi connectivity index (χ4v) is 3.18. The maximum Gasteiger partial charge on any atom is 0.0805 e. The predicted molar refractivity (Wildman–Crippen MR) is 78.5 cm³/mol. The normalized spacial score (nSPS) is 25.9. The average Bonchev–Trinajstić information content (AvgIpc) is 2.39. The molecule has 2 rings (SSSR count). The molecule has 1 aromatic rings. The van der Waals surface area contributed by atoms with Gasteiger partial charge in [0.25, 0.3) is 0 Å². The number of hydrogen-bond acceptors (Lipinski definition) is 2. The summed E-state index contributed by atoms with van der Waals surface area (Å²) < 4.78 is 1.03. The van der Waals surface area contributed by atoms with E-state index >= 15 is 0 Å². The summed E-state index contributed by atoms with van der Waals surface area (Å²) in [6.45, 7) is 3.35. The van der Waals surface area contributed by atoms with Crippen LogP contribution in [-0.4, -0.2) is 17.7 Å². The lowest BCUT2D eigenvalue weighted by Crippen LogP contribution is -2.38. The molecule has 0 aliphatic carbocycles. The van der Waals surface area contributed by atoms with Crippen molar-refractivity contribution in [3.63, 3.8) is 0 Å². The quantitative estimate of drug-likeness (QED) is 0.889. The van der Waals surface area contributed by atoms with Crippen LogP contribution in [-0.2, 0) is 0 Å². The molecule has 1 aliphatic rings. The molecule has 0 radical (unpaired) electrons. The van der Waals surface area contributed by atoms with E-state index in [0.717, 1.165) is 28.9 Å². The Balaban J connectivity index is 1.92. The van der Waals surface area contributed by atoms with E-state index in [4.69, 9.17) is 0 Å². The Morgan fingerprint density at radius 1 is 1.50 bits per heavy atom. The molecule has 1 saturated heterocycles. The summed E-state index contributed by atoms with van der Waals surface area (Å²) in [5.41, 5.74) is 1.00. The molecule has 18 heavy (non-hydrogen) atoms. The van der Waals surface area contributed by atoms with E-state index in [0.29, 0.717) is 6.04 Å². The number of aliphatic hydroxyl groups is 1. The van der Waals surface area contributed by atoms with Crippen molar-refractivity contribution in [1.82, 2.24) is 5.32 Å². The molecule has 0 bridgehead atoms. The highest BCUT2D eigenvalue weighted by Crippen LogP contribution is 2.27. The molecule has 3 atom stereocenters. The van der Waals surface area contributed by atoms with E-state index < -0.39 is 0 Å². The molecule has 1 aromatic carbocycles. The van der Waals surface area contributed by atoms with Crippen molar-refractivity contribution < 1.29 is 5.11 Å². The molecular weight excluding hydrogens is 290 g/mol. The van der Waals surface area contributed by atoms with Gasteiger partial charge < -0.3 is 10.4 Å². The van der Waals surface area contributed by atoms with Crippen molar-refractivity contribution in [3.05, 3.63) is 34.3 Å². The zero-order valence-electron chi connectivity index (χ0n) is 10.9. The predicted octanol–water partition coefficient (Wildman–Crippen LogP) is 3.65. The summed E-state index contributed by atoms with van der Waals surface area (Å²) in [6, 6.07) is 8.42. The van der Waals surface area contributed by atoms with E-state index in [9.17, 15) is 5.11 Å². The molecule has 0 spiro atoms. The maximum atomic E-state index is 10.3. The molecule has 3 unspecified atom stereocenters. The third-order valence-corrected chi connectivity index (χ3v) is 4.42. The Hall–Kier alpha value is -0.380. The van der Waals surface area contributed by atoms with Gasteiger partial charge >= 0.3 is 0 Å². The Morgan fingerprint density at radius 2 is 2.33 bits per heavy atom. The maximum absolute atomic E-state index is 10.3. The SMILES string of the molecule is CCC1CCNC(CC(O)c2cccc(Br)c2)C1. The zero-order valence-corrected chi connectivity index (χ0v) is 12.5. The third kappa shape index (κ3) is 3.81. The van der Waals surface area contributed by atoms with Crippen LogP contribution in [0.2, 0.25) is 0 Å². The minimum Gasteiger partial charge on any atom is -0.388 e. The number of piperidine rings is 1. The van der Waals surface area contributed by atoms with Gasteiger partial charge in [0.15, 0.2) is 0 Å². The van der Waals surface area contributed by atoms with Gasteiger partial charge in [0, 0.05) is 10.5 Å². The smallest absolute Gasteiger partial charge is 0.0805 e. The first-order valence-electron chi connectivity index (χ1n) is 6.86. The molecule has 1 aliphatic heterocycles. The van der Waals surface area contributed by atoms with Crippen molar-refractivity contribution in [1.29, 1.82) is 0 Å². The van der Waals surface area contributed by atoms with Crippen LogP contribution in [0.3, 0.4) is 0 Å². The third-order valence-electron chi connectivity index (χ3n) is 3.92. The number of aliphatic hydroxyl groups excluding tert-OH is 1. The summed E-state index contributed by atoms with van der Waals surface area (Å²) >= 11 is 3.45. The fourth-order valence-electron chi connectivity index (χ4n) is 2.76. The lowest BCUT2D eigenvalue weighted by Gasteiger charge is -2.31. The van der Waals surface area contributed by atoms with Gasteiger partial charge in [0.1, 0.15) is 0 Å². The Bertz CT molecular complexity index is 383. The summed E-state index contributed by atoms with van der Waals surface area (Å²) in [4.78, 5) is 0. The van der Waals surface area contributed by atoms with Gasteiger partial charge in [-0.25, -0.2) is 0 Å². The molecular formula is C15H22BrNO. The van der Waals surface area contributed by atoms with Crippen LogP contribution in [0.25, 0.3) is 0 Å². The number of hydrogen-bond donors (Lipinski definition) is 2. The van der Waals surface area contributed by atoms with Crippen molar-refractivity contribution in [2.45, 2.75) is 44.8 Å². The van der Waals surface area contributed by atoms with E-state index in [1.54, 1.807) is 0 Å². The molecule has 0 amide bonds. The molecule has 2 N–H and O–H groups in total. The first kappa shape index (κ1) is 14.0. The minimum atomic E-state index is -0.365. The van der Waals surface area contributed by atoms with Crippen LogP contribution in [0.5, 0.6) is 0 Å². The van der Waals surface area contributed by atoms with Gasteiger partial charge in [-0.3, -0.25) is 0 Å². The lowest BCUT2D eigenvalue weighted by atomic mass is 9.87. The first-order valence-corrected chi connectivity index (χ1v) is 7.65. The molecule has 1 fully saturated rings. The summed E-state index contributed by atoms with van der Waals surface area (Å²) in [5, 5.41) is 13.8. The van der Waals surface area contributed by atoms with E-state index in [1.807, 2.05) is 24.3 Å². The van der Waals surface area contributed by atoms with Crippen LogP contribution in [0.1, 0.15) is 44.3 Å². The standard InChI is InChI=1S/C15H22BrNO/c1-2-11-6-7-17-14(8-11)10-15(18)12-4-3-5-13(16)9-12/h3-5,9,11,14-15,17-18H,2,6-8,10H2,1H3. The van der Waals surface area contributed by atoms with Gasteiger partial charge in [0.05, 0.1) is 6.10 Å². The minimum absolute atomic E-state index is 0.365. The average molecular weight is 312 g/mol. The number of halogens is 1. The van der Waals surface area contributed by atoms with E-state index in [-0.39, 0.29) is 6.10 Å². The molecule has 0 saturated carbocycles. The van der Waals surface area contributed by atoms with Gasteiger partial charge in [-0.05, 0) is 49.4 Å². The van der Waals surface area contributed by atoms with Crippen LogP contribution in [0.15, 0.2) is 28.7 Å². The van der Waals surface area contributed by atoms with Crippen LogP contribution in [0, 0.1) is 5.92 Å². The highest BCUT2D eigenvalue weighted by atomic mass is 79.9. The molecule has 1 heterocycles. The largest absolute Gasteiger partial charge is 0.388 e. The van der Waals surface area contributed by atoms with Crippen molar-refractivity contribution in [2.75, 3.05) is 6.54 Å². The van der Waals surface area contributed by atoms with Crippen LogP contribution in [0.4, 0.5) is 0 Å². The van der Waals surface area contributed by atoms with E-state index in [2.05, 4.69) is 28.2 Å². The second kappa shape index (κ2) is 6.69. The Kier molecular flexibility index (Phi) is 5.22. The number of nitrogens with one attached hydrogen (secondary N) is 1. The molecule has 100 valence electrons. The zero-order chi connectivity index (χ0) is 13.0. The van der Waals surface area contributed by atoms with Crippen LogP contribution >= 0.6 is 15.9 Å². The summed E-state index contributed by atoms with van der Waals surface area (Å²) in [6.07, 6.45) is 4.18. The summed E-state index contributed by atoms with van der Waals surface area (Å²) in [5.74, 6) is 0.825. The molecule has 2 nitrogen and oxygen atoms in total. The highest BCUT2D eigenvalue weighted by Gasteiger charge is 2.23. The van der Waals surface area contributed by atoms with Gasteiger partial charge in [-0.1, -0.05) is 41.4 Å². The van der Waals surface area contributed by atoms with Crippen LogP contribution < -0.4 is 5.32 Å². The van der Waals surface area contributed by atoms with Gasteiger partial charge in [-0.15, -0.1) is 0 Å². The van der Waals surface area contributed by atoms with Crippen molar-refractivity contribution in [2.24, 2.45) is 5.92 Å². The lowest BCUT2D eigenvalue weighted by molar-refractivity contribution is 0.136. The first-order chi connectivity index (χ1) is 8.69. The number of benzene rings is 1. The molecule has 3 heteroatoms. The second-order valence-corrected chi connectivity index (χ2v) is 6.17. The Labute approximate surface area is 118 Å².